The Bertz CT molecular complexity index is 1090. The summed E-state index contributed by atoms with van der Waals surface area (Å²) in [4.78, 5) is 25.8. The Hall–Kier alpha value is -3.65. The van der Waals surface area contributed by atoms with Crippen LogP contribution in [-0.2, 0) is 0 Å². The lowest BCUT2D eigenvalue weighted by atomic mass is 9.96. The average Bonchev–Trinajstić information content (AvgIpc) is 2.69. The molecule has 1 aromatic heterocycles. The van der Waals surface area contributed by atoms with Crippen LogP contribution in [0.3, 0.4) is 0 Å². The minimum absolute atomic E-state index is 0.0277. The van der Waals surface area contributed by atoms with E-state index in [0.29, 0.717) is 5.56 Å². The van der Waals surface area contributed by atoms with Crippen molar-refractivity contribution in [2.75, 3.05) is 0 Å². The fourth-order valence-corrected chi connectivity index (χ4v) is 3.17. The molecule has 0 saturated heterocycles. The van der Waals surface area contributed by atoms with E-state index in [1.165, 1.54) is 6.92 Å². The molecule has 0 saturated carbocycles. The topological polar surface area (TPSA) is 83.1 Å². The molecule has 0 spiro atoms. The smallest absolute Gasteiger partial charge is 0.272 e. The van der Waals surface area contributed by atoms with Gasteiger partial charge in [0.25, 0.3) is 5.56 Å². The maximum absolute atomic E-state index is 13.0. The molecule has 3 aromatic rings. The van der Waals surface area contributed by atoms with Crippen LogP contribution in [0.1, 0.15) is 45.6 Å². The molecule has 27 heavy (non-hydrogen) atoms. The van der Waals surface area contributed by atoms with Crippen LogP contribution in [-0.4, -0.2) is 15.5 Å². The summed E-state index contributed by atoms with van der Waals surface area (Å²) in [5.74, 6) is -0.863. The number of hydrogen-bond acceptors (Lipinski definition) is 4. The summed E-state index contributed by atoms with van der Waals surface area (Å²) in [6.45, 7) is 3.25. The van der Waals surface area contributed by atoms with Gasteiger partial charge in [-0.15, -0.1) is 0 Å². The van der Waals surface area contributed by atoms with Crippen molar-refractivity contribution in [2.45, 2.75) is 19.9 Å². The number of hydrogen-bond donors (Lipinski definition) is 1. The summed E-state index contributed by atoms with van der Waals surface area (Å²) in [6, 6.07) is 18.9. The number of nitriles is 1. The van der Waals surface area contributed by atoms with E-state index in [4.69, 9.17) is 0 Å². The van der Waals surface area contributed by atoms with Gasteiger partial charge >= 0.3 is 0 Å². The summed E-state index contributed by atoms with van der Waals surface area (Å²) in [5, 5.41) is 20.4. The van der Waals surface area contributed by atoms with Crippen molar-refractivity contribution in [3.05, 3.63) is 98.8 Å². The van der Waals surface area contributed by atoms with Crippen molar-refractivity contribution in [1.82, 2.24) is 4.57 Å². The SMILES string of the molecule is Cc1c(C(=O)c2ccccc2)c(O)n(C(C)c2ccccc2)c(=O)c1C#N. The van der Waals surface area contributed by atoms with E-state index >= 15 is 0 Å². The number of nitrogens with zero attached hydrogens (tertiary/aromatic N) is 2. The lowest BCUT2D eigenvalue weighted by Gasteiger charge is -2.21. The summed E-state index contributed by atoms with van der Waals surface area (Å²) >= 11 is 0. The summed E-state index contributed by atoms with van der Waals surface area (Å²) in [6.07, 6.45) is 0. The lowest BCUT2D eigenvalue weighted by Crippen LogP contribution is -2.29. The lowest BCUT2D eigenvalue weighted by molar-refractivity contribution is 0.103. The van der Waals surface area contributed by atoms with Crippen LogP contribution in [0, 0.1) is 18.3 Å². The highest BCUT2D eigenvalue weighted by molar-refractivity contribution is 6.11. The Balaban J connectivity index is 2.29. The van der Waals surface area contributed by atoms with Gasteiger partial charge < -0.3 is 5.11 Å². The average molecular weight is 358 g/mol. The number of aromatic nitrogens is 1. The first-order chi connectivity index (χ1) is 13.0. The van der Waals surface area contributed by atoms with E-state index in [-0.39, 0.29) is 16.7 Å². The number of aromatic hydroxyl groups is 1. The second-order valence-corrected chi connectivity index (χ2v) is 6.27. The Kier molecular flexibility index (Phi) is 4.91. The third-order valence-corrected chi connectivity index (χ3v) is 4.68. The van der Waals surface area contributed by atoms with Crippen LogP contribution >= 0.6 is 0 Å². The molecule has 2 aromatic carbocycles. The van der Waals surface area contributed by atoms with E-state index in [0.717, 1.165) is 10.1 Å². The molecule has 5 nitrogen and oxygen atoms in total. The molecule has 5 heteroatoms. The normalized spacial score (nSPS) is 11.6. The summed E-state index contributed by atoms with van der Waals surface area (Å²) in [7, 11) is 0. The van der Waals surface area contributed by atoms with Crippen LogP contribution in [0.5, 0.6) is 5.88 Å². The van der Waals surface area contributed by atoms with Gasteiger partial charge in [-0.05, 0) is 25.0 Å². The van der Waals surface area contributed by atoms with Crippen LogP contribution < -0.4 is 5.56 Å². The van der Waals surface area contributed by atoms with E-state index in [1.807, 2.05) is 36.4 Å². The minimum Gasteiger partial charge on any atom is -0.494 e. The first-order valence-corrected chi connectivity index (χ1v) is 8.50. The van der Waals surface area contributed by atoms with Crippen molar-refractivity contribution in [2.24, 2.45) is 0 Å². The van der Waals surface area contributed by atoms with Gasteiger partial charge in [0.1, 0.15) is 11.6 Å². The summed E-state index contributed by atoms with van der Waals surface area (Å²) < 4.78 is 1.11. The second-order valence-electron chi connectivity index (χ2n) is 6.27. The van der Waals surface area contributed by atoms with Gasteiger partial charge in [0.2, 0.25) is 5.88 Å². The molecule has 1 atom stereocenters. The summed E-state index contributed by atoms with van der Waals surface area (Å²) in [5.41, 5.74) is 0.548. The Morgan fingerprint density at radius 1 is 1.07 bits per heavy atom. The molecular weight excluding hydrogens is 340 g/mol. The maximum Gasteiger partial charge on any atom is 0.272 e. The first kappa shape index (κ1) is 18.2. The molecule has 0 amide bonds. The molecule has 0 aliphatic carbocycles. The zero-order chi connectivity index (χ0) is 19.6. The number of carbonyl (C=O) groups excluding carboxylic acids is 1. The quantitative estimate of drug-likeness (QED) is 0.723. The van der Waals surface area contributed by atoms with Gasteiger partial charge in [0.15, 0.2) is 5.78 Å². The Morgan fingerprint density at radius 3 is 2.19 bits per heavy atom. The number of rotatable bonds is 4. The van der Waals surface area contributed by atoms with Crippen molar-refractivity contribution in [1.29, 1.82) is 5.26 Å². The molecule has 0 bridgehead atoms. The number of benzene rings is 2. The van der Waals surface area contributed by atoms with Crippen LogP contribution in [0.25, 0.3) is 0 Å². The van der Waals surface area contributed by atoms with E-state index < -0.39 is 23.3 Å². The standard InChI is InChI=1S/C22H18N2O3/c1-14-18(13-23)21(26)24(15(2)16-9-5-3-6-10-16)22(27)19(14)20(25)17-11-7-4-8-12-17/h3-12,15,27H,1-2H3. The van der Waals surface area contributed by atoms with Crippen LogP contribution in [0.2, 0.25) is 0 Å². The van der Waals surface area contributed by atoms with Gasteiger partial charge in [0.05, 0.1) is 11.6 Å². The highest BCUT2D eigenvalue weighted by Crippen LogP contribution is 2.29. The van der Waals surface area contributed by atoms with Gasteiger partial charge in [-0.1, -0.05) is 60.7 Å². The van der Waals surface area contributed by atoms with E-state index in [2.05, 4.69) is 0 Å². The highest BCUT2D eigenvalue weighted by Gasteiger charge is 2.27. The fraction of sp³-hybridized carbons (Fsp3) is 0.136. The molecule has 134 valence electrons. The Morgan fingerprint density at radius 2 is 1.63 bits per heavy atom. The number of pyridine rings is 1. The molecule has 3 rings (SSSR count). The van der Waals surface area contributed by atoms with Crippen molar-refractivity contribution in [3.8, 4) is 11.9 Å². The van der Waals surface area contributed by atoms with Crippen LogP contribution in [0.4, 0.5) is 0 Å². The molecule has 0 radical (unpaired) electrons. The van der Waals surface area contributed by atoms with Gasteiger partial charge in [-0.25, -0.2) is 0 Å². The molecule has 1 unspecified atom stereocenters. The monoisotopic (exact) mass is 358 g/mol. The minimum atomic E-state index is -0.617. The molecular formula is C22H18N2O3. The van der Waals surface area contributed by atoms with Gasteiger partial charge in [-0.2, -0.15) is 5.26 Å². The molecule has 0 fully saturated rings. The molecule has 1 N–H and O–H groups in total. The zero-order valence-electron chi connectivity index (χ0n) is 15.0. The molecule has 0 aliphatic rings. The largest absolute Gasteiger partial charge is 0.494 e. The second kappa shape index (κ2) is 7.30. The van der Waals surface area contributed by atoms with Gasteiger partial charge in [0, 0.05) is 5.56 Å². The van der Waals surface area contributed by atoms with E-state index in [1.54, 1.807) is 37.3 Å². The Labute approximate surface area is 156 Å². The number of carbonyl (C=O) groups is 1. The van der Waals surface area contributed by atoms with E-state index in [9.17, 15) is 20.0 Å². The highest BCUT2D eigenvalue weighted by atomic mass is 16.3. The van der Waals surface area contributed by atoms with Crippen molar-refractivity contribution in [3.63, 3.8) is 0 Å². The maximum atomic E-state index is 13.0. The van der Waals surface area contributed by atoms with Gasteiger partial charge in [-0.3, -0.25) is 14.2 Å². The van der Waals surface area contributed by atoms with Crippen molar-refractivity contribution >= 4 is 5.78 Å². The third-order valence-electron chi connectivity index (χ3n) is 4.68. The van der Waals surface area contributed by atoms with Crippen molar-refractivity contribution < 1.29 is 9.90 Å². The molecule has 1 heterocycles. The molecule has 0 aliphatic heterocycles. The fourth-order valence-electron chi connectivity index (χ4n) is 3.17. The predicted octanol–water partition coefficient (Wildman–Crippen LogP) is 3.57. The third kappa shape index (κ3) is 3.13. The first-order valence-electron chi connectivity index (χ1n) is 8.50. The zero-order valence-corrected chi connectivity index (χ0v) is 15.0. The van der Waals surface area contributed by atoms with Crippen LogP contribution in [0.15, 0.2) is 65.5 Å². The predicted molar refractivity (Wildman–Crippen MR) is 102 cm³/mol. The number of ketones is 1.